The number of nitrogens with zero attached hydrogens (tertiary/aromatic N) is 5. The third kappa shape index (κ3) is 5.48. The molecule has 0 atom stereocenters. The lowest BCUT2D eigenvalue weighted by Crippen LogP contribution is -2.49. The smallest absolute Gasteiger partial charge is 0.255 e. The highest BCUT2D eigenvalue weighted by molar-refractivity contribution is 6.20. The van der Waals surface area contributed by atoms with Crippen molar-refractivity contribution in [1.29, 1.82) is 0 Å². The first kappa shape index (κ1) is 24.1. The quantitative estimate of drug-likeness (QED) is 0.519. The van der Waals surface area contributed by atoms with Gasteiger partial charge in [0.05, 0.1) is 12.1 Å². The van der Waals surface area contributed by atoms with E-state index in [1.807, 2.05) is 17.0 Å². The monoisotopic (exact) mass is 498 g/mol. The maximum Gasteiger partial charge on any atom is 0.255 e. The molecule has 4 amide bonds. The summed E-state index contributed by atoms with van der Waals surface area (Å²) >= 11 is 0. The van der Waals surface area contributed by atoms with E-state index in [2.05, 4.69) is 20.2 Å². The predicted octanol–water partition coefficient (Wildman–Crippen LogP) is 2.27. The second kappa shape index (κ2) is 10.6. The van der Waals surface area contributed by atoms with Crippen molar-refractivity contribution < 1.29 is 19.2 Å². The fourth-order valence-electron chi connectivity index (χ4n) is 4.46. The van der Waals surface area contributed by atoms with Crippen molar-refractivity contribution in [2.24, 2.45) is 0 Å². The zero-order chi connectivity index (χ0) is 25.8. The average Bonchev–Trinajstić information content (AvgIpc) is 3.28. The molecule has 2 aliphatic heterocycles. The van der Waals surface area contributed by atoms with E-state index in [0.717, 1.165) is 10.5 Å². The second-order valence-electron chi connectivity index (χ2n) is 8.92. The highest BCUT2D eigenvalue weighted by Crippen LogP contribution is 2.24. The Morgan fingerprint density at radius 1 is 0.838 bits per heavy atom. The van der Waals surface area contributed by atoms with Crippen LogP contribution in [-0.4, -0.2) is 64.7 Å². The standard InChI is InChI=1S/C27H26N6O4/c34-23-9-10-24(35)33(23)22-4-1-3-20(18-22)26(37)30-21-7-5-19(6-8-21)17-25(36)31-13-15-32(16-14-31)27-28-11-2-12-29-27/h1-8,11-12,18H,9-10,13-17H2,(H,30,37). The third-order valence-corrected chi connectivity index (χ3v) is 6.45. The maximum atomic E-state index is 12.8. The molecule has 0 spiro atoms. The molecule has 188 valence electrons. The van der Waals surface area contributed by atoms with E-state index in [4.69, 9.17) is 0 Å². The van der Waals surface area contributed by atoms with Crippen LogP contribution in [0.15, 0.2) is 67.0 Å². The number of imide groups is 1. The molecule has 3 heterocycles. The van der Waals surface area contributed by atoms with Crippen molar-refractivity contribution in [3.63, 3.8) is 0 Å². The second-order valence-corrected chi connectivity index (χ2v) is 8.92. The molecule has 1 aromatic heterocycles. The molecule has 3 aromatic rings. The van der Waals surface area contributed by atoms with Crippen molar-refractivity contribution in [3.8, 4) is 0 Å². The normalized spacial score (nSPS) is 15.7. The Balaban J connectivity index is 1.15. The van der Waals surface area contributed by atoms with Crippen molar-refractivity contribution >= 4 is 41.0 Å². The van der Waals surface area contributed by atoms with Gasteiger partial charge in [0.15, 0.2) is 0 Å². The highest BCUT2D eigenvalue weighted by Gasteiger charge is 2.30. The zero-order valence-electron chi connectivity index (χ0n) is 20.2. The van der Waals surface area contributed by atoms with Gasteiger partial charge in [0.2, 0.25) is 23.7 Å². The summed E-state index contributed by atoms with van der Waals surface area (Å²) in [4.78, 5) is 63.2. The number of carbonyl (C=O) groups is 4. The van der Waals surface area contributed by atoms with E-state index in [1.165, 1.54) is 6.07 Å². The van der Waals surface area contributed by atoms with Gasteiger partial charge in [-0.1, -0.05) is 18.2 Å². The van der Waals surface area contributed by atoms with Gasteiger partial charge >= 0.3 is 0 Å². The van der Waals surface area contributed by atoms with Crippen LogP contribution in [0.3, 0.4) is 0 Å². The molecular weight excluding hydrogens is 472 g/mol. The summed E-state index contributed by atoms with van der Waals surface area (Å²) in [5, 5.41) is 2.82. The number of benzene rings is 2. The Labute approximate surface area is 213 Å². The van der Waals surface area contributed by atoms with E-state index in [0.29, 0.717) is 49.1 Å². The van der Waals surface area contributed by atoms with Crippen molar-refractivity contribution in [3.05, 3.63) is 78.1 Å². The fraction of sp³-hybridized carbons (Fsp3) is 0.259. The Hall–Kier alpha value is -4.60. The molecular formula is C27H26N6O4. The molecule has 2 fully saturated rings. The van der Waals surface area contributed by atoms with Crippen LogP contribution in [0.2, 0.25) is 0 Å². The summed E-state index contributed by atoms with van der Waals surface area (Å²) in [5.74, 6) is -0.158. The number of carbonyl (C=O) groups excluding carboxylic acids is 4. The lowest BCUT2D eigenvalue weighted by Gasteiger charge is -2.34. The molecule has 1 N–H and O–H groups in total. The van der Waals surface area contributed by atoms with Gasteiger partial charge < -0.3 is 15.1 Å². The lowest BCUT2D eigenvalue weighted by atomic mass is 10.1. The Morgan fingerprint density at radius 3 is 2.19 bits per heavy atom. The number of hydrogen-bond acceptors (Lipinski definition) is 7. The molecule has 37 heavy (non-hydrogen) atoms. The van der Waals surface area contributed by atoms with Crippen LogP contribution in [0.4, 0.5) is 17.3 Å². The minimum Gasteiger partial charge on any atom is -0.339 e. The van der Waals surface area contributed by atoms with Gasteiger partial charge in [-0.2, -0.15) is 0 Å². The van der Waals surface area contributed by atoms with E-state index in [-0.39, 0.29) is 42.9 Å². The number of aromatic nitrogens is 2. The first-order valence-electron chi connectivity index (χ1n) is 12.1. The number of amides is 4. The molecule has 0 unspecified atom stereocenters. The first-order chi connectivity index (χ1) is 18.0. The van der Waals surface area contributed by atoms with Gasteiger partial charge in [0.1, 0.15) is 0 Å². The number of anilines is 3. The lowest BCUT2D eigenvalue weighted by molar-refractivity contribution is -0.130. The third-order valence-electron chi connectivity index (χ3n) is 6.45. The summed E-state index contributed by atoms with van der Waals surface area (Å²) in [6.07, 6.45) is 4.06. The van der Waals surface area contributed by atoms with E-state index in [1.54, 1.807) is 48.8 Å². The van der Waals surface area contributed by atoms with Crippen LogP contribution in [0.25, 0.3) is 0 Å². The Bertz CT molecular complexity index is 1300. The first-order valence-corrected chi connectivity index (χ1v) is 12.1. The topological polar surface area (TPSA) is 116 Å². The Kier molecular flexibility index (Phi) is 6.89. The predicted molar refractivity (Wildman–Crippen MR) is 137 cm³/mol. The minimum atomic E-state index is -0.356. The Morgan fingerprint density at radius 2 is 1.51 bits per heavy atom. The largest absolute Gasteiger partial charge is 0.339 e. The van der Waals surface area contributed by atoms with E-state index in [9.17, 15) is 19.2 Å². The molecule has 0 aliphatic carbocycles. The number of hydrogen-bond donors (Lipinski definition) is 1. The van der Waals surface area contributed by atoms with Crippen molar-refractivity contribution in [1.82, 2.24) is 14.9 Å². The van der Waals surface area contributed by atoms with E-state index >= 15 is 0 Å². The average molecular weight is 499 g/mol. The molecule has 2 aromatic carbocycles. The van der Waals surface area contributed by atoms with Crippen LogP contribution in [0.5, 0.6) is 0 Å². The molecule has 0 radical (unpaired) electrons. The van der Waals surface area contributed by atoms with Crippen LogP contribution in [0, 0.1) is 0 Å². The number of rotatable bonds is 6. The van der Waals surface area contributed by atoms with Gasteiger partial charge in [-0.05, 0) is 42.0 Å². The molecule has 2 saturated heterocycles. The van der Waals surface area contributed by atoms with Gasteiger partial charge in [-0.15, -0.1) is 0 Å². The van der Waals surface area contributed by atoms with Crippen LogP contribution >= 0.6 is 0 Å². The van der Waals surface area contributed by atoms with Crippen LogP contribution in [0.1, 0.15) is 28.8 Å². The molecule has 5 rings (SSSR count). The van der Waals surface area contributed by atoms with Crippen LogP contribution < -0.4 is 15.1 Å². The molecule has 0 bridgehead atoms. The summed E-state index contributed by atoms with van der Waals surface area (Å²) in [6.45, 7) is 2.59. The van der Waals surface area contributed by atoms with Gasteiger partial charge in [0, 0.05) is 62.7 Å². The van der Waals surface area contributed by atoms with Gasteiger partial charge in [0.25, 0.3) is 5.91 Å². The number of nitrogens with one attached hydrogen (secondary N) is 1. The van der Waals surface area contributed by atoms with E-state index < -0.39 is 0 Å². The zero-order valence-corrected chi connectivity index (χ0v) is 20.2. The molecule has 10 heteroatoms. The maximum absolute atomic E-state index is 12.8. The highest BCUT2D eigenvalue weighted by atomic mass is 16.2. The van der Waals surface area contributed by atoms with Gasteiger partial charge in [-0.25, -0.2) is 9.97 Å². The molecule has 2 aliphatic rings. The summed E-state index contributed by atoms with van der Waals surface area (Å²) in [6, 6.07) is 15.4. The van der Waals surface area contributed by atoms with Crippen LogP contribution in [-0.2, 0) is 20.8 Å². The molecule has 10 nitrogen and oxygen atoms in total. The summed E-state index contributed by atoms with van der Waals surface area (Å²) in [5.41, 5.74) is 2.16. The molecule has 0 saturated carbocycles. The number of piperazine rings is 1. The van der Waals surface area contributed by atoms with Crippen molar-refractivity contribution in [2.75, 3.05) is 41.3 Å². The SMILES string of the molecule is O=C(Nc1ccc(CC(=O)N2CCN(c3ncccn3)CC2)cc1)c1cccc(N2C(=O)CCC2=O)c1. The van der Waals surface area contributed by atoms with Crippen molar-refractivity contribution in [2.45, 2.75) is 19.3 Å². The summed E-state index contributed by atoms with van der Waals surface area (Å²) < 4.78 is 0. The minimum absolute atomic E-state index is 0.0493. The fourth-order valence-corrected chi connectivity index (χ4v) is 4.46. The van der Waals surface area contributed by atoms with Gasteiger partial charge in [-0.3, -0.25) is 24.1 Å². The summed E-state index contributed by atoms with van der Waals surface area (Å²) in [7, 11) is 0.